The fraction of sp³-hybridized carbons (Fsp3) is 0.500. The highest BCUT2D eigenvalue weighted by atomic mass is 31.2. The number of aryl methyl sites for hydroxylation is 1. The van der Waals surface area contributed by atoms with E-state index in [-0.39, 0.29) is 43.9 Å². The third-order valence-electron chi connectivity index (χ3n) is 11.4. The highest BCUT2D eigenvalue weighted by Gasteiger charge is 2.44. The Morgan fingerprint density at radius 2 is 1.46 bits per heavy atom. The van der Waals surface area contributed by atoms with Gasteiger partial charge in [0.05, 0.1) is 53.0 Å². The Morgan fingerprint density at radius 3 is 2.06 bits per heavy atom. The number of carbonyl (C=O) groups is 2. The molecule has 362 valence electrons. The molecule has 0 spiro atoms. The number of ether oxygens (including phenoxy) is 5. The van der Waals surface area contributed by atoms with Gasteiger partial charge < -0.3 is 38.0 Å². The van der Waals surface area contributed by atoms with Crippen LogP contribution in [0, 0.1) is 18.3 Å². The second kappa shape index (κ2) is 26.2. The molecule has 17 heteroatoms. The molecule has 16 nitrogen and oxygen atoms in total. The van der Waals surface area contributed by atoms with Crippen molar-refractivity contribution in [3.63, 3.8) is 0 Å². The molecule has 1 aliphatic heterocycles. The fourth-order valence-corrected chi connectivity index (χ4v) is 9.65. The Balaban J connectivity index is 1.22. The van der Waals surface area contributed by atoms with Gasteiger partial charge in [-0.2, -0.15) is 5.26 Å². The number of esters is 1. The van der Waals surface area contributed by atoms with Crippen LogP contribution in [0.5, 0.6) is 11.5 Å². The van der Waals surface area contributed by atoms with Crippen LogP contribution in [-0.4, -0.2) is 91.0 Å². The summed E-state index contributed by atoms with van der Waals surface area (Å²) in [4.78, 5) is 54.0. The summed E-state index contributed by atoms with van der Waals surface area (Å²) in [6.45, 7) is 11.2. The van der Waals surface area contributed by atoms with Crippen molar-refractivity contribution < 1.29 is 42.3 Å². The first-order valence-electron chi connectivity index (χ1n) is 22.9. The summed E-state index contributed by atoms with van der Waals surface area (Å²) >= 11 is 0. The first-order valence-corrected chi connectivity index (χ1v) is 24.1. The average molecular weight is 944 g/mol. The van der Waals surface area contributed by atoms with Gasteiger partial charge >= 0.3 is 11.7 Å². The zero-order chi connectivity index (χ0) is 48.3. The van der Waals surface area contributed by atoms with E-state index in [1.54, 1.807) is 21.1 Å². The predicted molar refractivity (Wildman–Crippen MR) is 255 cm³/mol. The molecule has 0 saturated carbocycles. The monoisotopic (exact) mass is 943 g/mol. The Labute approximate surface area is 394 Å². The molecule has 67 heavy (non-hydrogen) atoms. The predicted octanol–water partition coefficient (Wildman–Crippen LogP) is 7.82. The van der Waals surface area contributed by atoms with E-state index < -0.39 is 49.8 Å². The van der Waals surface area contributed by atoms with Gasteiger partial charge in [0.1, 0.15) is 35.5 Å². The Morgan fingerprint density at radius 1 is 0.866 bits per heavy atom. The molecule has 1 aliphatic rings. The van der Waals surface area contributed by atoms with Gasteiger partial charge in [-0.25, -0.2) is 9.46 Å². The first-order chi connectivity index (χ1) is 32.3. The second-order valence-electron chi connectivity index (χ2n) is 16.8. The summed E-state index contributed by atoms with van der Waals surface area (Å²) in [6, 6.07) is 27.4. The standard InChI is InChI=1S/C50H66N5O11P/c1-35(2)55(36(3)4)67(64-31-15-28-51)63-30-14-9-8-13-29-52-45(56)26-27-47(57)66-43-32-46(54-33-37(5)48(58)53-49(54)59)65-44(43)34-62-50(38-16-11-10-12-17-38,39-18-22-41(60-6)23-19-39)40-20-24-42(61-7)25-21-40/h10-12,16-25,33,35-36,43-44,46H,8-9,13-15,26-27,29-32,34H2,1-7H3,(H,52,56)(H,53,58,59)/t43-,44+,46+,67?/m0/s1. The van der Waals surface area contributed by atoms with Gasteiger partial charge in [0.2, 0.25) is 5.91 Å². The van der Waals surface area contributed by atoms with Gasteiger partial charge in [-0.1, -0.05) is 67.4 Å². The maximum absolute atomic E-state index is 13.5. The summed E-state index contributed by atoms with van der Waals surface area (Å²) in [5.41, 5.74) is 0.286. The van der Waals surface area contributed by atoms with Gasteiger partial charge in [-0.3, -0.25) is 23.9 Å². The molecule has 0 bridgehead atoms. The molecule has 4 atom stereocenters. The van der Waals surface area contributed by atoms with Crippen molar-refractivity contribution in [2.75, 3.05) is 40.6 Å². The van der Waals surface area contributed by atoms with E-state index in [2.05, 4.69) is 48.7 Å². The molecule has 0 aliphatic carbocycles. The largest absolute Gasteiger partial charge is 0.497 e. The number of H-pyrrole nitrogens is 1. The number of nitrogens with one attached hydrogen (secondary N) is 2. The minimum absolute atomic E-state index is 0.0764. The van der Waals surface area contributed by atoms with Crippen molar-refractivity contribution in [1.29, 1.82) is 5.26 Å². The topological polar surface area (TPSA) is 193 Å². The van der Waals surface area contributed by atoms with Crippen LogP contribution in [0.25, 0.3) is 0 Å². The summed E-state index contributed by atoms with van der Waals surface area (Å²) < 4.78 is 46.2. The Bertz CT molecular complexity index is 2260. The number of hydrogen-bond acceptors (Lipinski definition) is 13. The molecule has 0 radical (unpaired) electrons. The van der Waals surface area contributed by atoms with Gasteiger partial charge in [-0.05, 0) is 88.4 Å². The van der Waals surface area contributed by atoms with Crippen molar-refractivity contribution in [2.45, 2.75) is 122 Å². The molecule has 4 aromatic rings. The molecule has 2 N–H and O–H groups in total. The van der Waals surface area contributed by atoms with E-state index in [1.807, 2.05) is 78.9 Å². The van der Waals surface area contributed by atoms with Gasteiger partial charge in [0.25, 0.3) is 14.1 Å². The molecule has 1 unspecified atom stereocenters. The summed E-state index contributed by atoms with van der Waals surface area (Å²) in [5.74, 6) is 0.440. The van der Waals surface area contributed by atoms with Crippen LogP contribution in [0.15, 0.2) is 94.6 Å². The lowest BCUT2D eigenvalue weighted by atomic mass is 9.80. The minimum Gasteiger partial charge on any atom is -0.497 e. The number of nitrogens with zero attached hydrogens (tertiary/aromatic N) is 3. The first kappa shape index (κ1) is 52.6. The van der Waals surface area contributed by atoms with Gasteiger partial charge in [0.15, 0.2) is 0 Å². The number of amides is 1. The average Bonchev–Trinajstić information content (AvgIpc) is 3.72. The fourth-order valence-electron chi connectivity index (χ4n) is 8.02. The van der Waals surface area contributed by atoms with Crippen molar-refractivity contribution in [2.24, 2.45) is 0 Å². The van der Waals surface area contributed by atoms with E-state index in [1.165, 1.54) is 10.8 Å². The molecule has 1 saturated heterocycles. The Hall–Kier alpha value is -5.40. The molecular weight excluding hydrogens is 878 g/mol. The number of benzene rings is 3. The van der Waals surface area contributed by atoms with Crippen LogP contribution in [0.2, 0.25) is 0 Å². The summed E-state index contributed by atoms with van der Waals surface area (Å²) in [5, 5.41) is 11.9. The summed E-state index contributed by atoms with van der Waals surface area (Å²) in [7, 11) is 1.92. The quantitative estimate of drug-likeness (QED) is 0.0255. The zero-order valence-electron chi connectivity index (χ0n) is 39.7. The van der Waals surface area contributed by atoms with Crippen molar-refractivity contribution in [1.82, 2.24) is 19.5 Å². The van der Waals surface area contributed by atoms with Crippen molar-refractivity contribution >= 4 is 20.4 Å². The molecule has 2 heterocycles. The van der Waals surface area contributed by atoms with Crippen LogP contribution in [0.3, 0.4) is 0 Å². The van der Waals surface area contributed by atoms with E-state index >= 15 is 0 Å². The molecule has 1 fully saturated rings. The maximum Gasteiger partial charge on any atom is 0.330 e. The molecule has 1 amide bonds. The van der Waals surface area contributed by atoms with Crippen LogP contribution in [0.1, 0.15) is 108 Å². The Kier molecular flexibility index (Phi) is 20.6. The maximum atomic E-state index is 13.5. The van der Waals surface area contributed by atoms with Crippen LogP contribution in [-0.2, 0) is 38.4 Å². The SMILES string of the molecule is COc1ccc(C(OC[C@H]2O[C@@H](n3cc(C)c(=O)[nH]c3=O)C[C@@H]2OC(=O)CCC(=O)NCCCCCCOP(OCCC#N)N(C(C)C)C(C)C)(c2ccccc2)c2ccc(OC)cc2)cc1. The molecule has 1 aromatic heterocycles. The second-order valence-corrected chi connectivity index (χ2v) is 18.3. The zero-order valence-corrected chi connectivity index (χ0v) is 40.6. The summed E-state index contributed by atoms with van der Waals surface area (Å²) in [6.07, 6.45) is 2.26. The third kappa shape index (κ3) is 14.5. The smallest absolute Gasteiger partial charge is 0.330 e. The number of aromatic nitrogens is 2. The highest BCUT2D eigenvalue weighted by Crippen LogP contribution is 2.46. The van der Waals surface area contributed by atoms with E-state index in [0.29, 0.717) is 43.2 Å². The van der Waals surface area contributed by atoms with Crippen LogP contribution >= 0.6 is 8.53 Å². The van der Waals surface area contributed by atoms with Crippen LogP contribution < -0.4 is 26.0 Å². The highest BCUT2D eigenvalue weighted by molar-refractivity contribution is 7.44. The van der Waals surface area contributed by atoms with Gasteiger partial charge in [-0.15, -0.1) is 0 Å². The van der Waals surface area contributed by atoms with E-state index in [9.17, 15) is 19.2 Å². The number of aromatic amines is 1. The minimum atomic E-state index is -1.28. The lowest BCUT2D eigenvalue weighted by molar-refractivity contribution is -0.156. The van der Waals surface area contributed by atoms with Crippen molar-refractivity contribution in [3.05, 3.63) is 128 Å². The number of hydrogen-bond donors (Lipinski definition) is 2. The molecule has 3 aromatic carbocycles. The van der Waals surface area contributed by atoms with Crippen molar-refractivity contribution in [3.8, 4) is 17.6 Å². The number of carbonyl (C=O) groups excluding carboxylic acids is 2. The van der Waals surface area contributed by atoms with Gasteiger partial charge in [0, 0.05) is 43.2 Å². The molecular formula is C50H66N5O11P. The molecule has 5 rings (SSSR count). The van der Waals surface area contributed by atoms with E-state index in [4.69, 9.17) is 38.0 Å². The van der Waals surface area contributed by atoms with E-state index in [0.717, 1.165) is 42.4 Å². The number of rotatable bonds is 27. The number of methoxy groups -OCH3 is 2. The lowest BCUT2D eigenvalue weighted by Crippen LogP contribution is -2.39. The number of unbranched alkanes of at least 4 members (excludes halogenated alkanes) is 3. The van der Waals surface area contributed by atoms with Crippen LogP contribution in [0.4, 0.5) is 0 Å². The number of nitriles is 1. The third-order valence-corrected chi connectivity index (χ3v) is 13.5. The lowest BCUT2D eigenvalue weighted by Gasteiger charge is -2.37. The normalized spacial score (nSPS) is 16.5.